The van der Waals surface area contributed by atoms with Gasteiger partial charge in [0, 0.05) is 21.7 Å². The molecule has 0 spiro atoms. The highest BCUT2D eigenvalue weighted by Gasteiger charge is 2.40. The molecule has 8 nitrogen and oxygen atoms in total. The van der Waals surface area contributed by atoms with Gasteiger partial charge in [-0.15, -0.1) is 0 Å². The second-order valence-electron chi connectivity index (χ2n) is 8.02. The van der Waals surface area contributed by atoms with Crippen molar-refractivity contribution in [1.82, 2.24) is 29.9 Å². The average Bonchev–Trinajstić information content (AvgIpc) is 3.42. The number of hydrogen-bond acceptors (Lipinski definition) is 5. The number of benzene rings is 2. The number of carbonyl (C=O) groups excluding carboxylic acids is 1. The van der Waals surface area contributed by atoms with Gasteiger partial charge in [0.05, 0.1) is 35.7 Å². The Hall–Kier alpha value is -3.34. The molecule has 1 amide bonds. The first kappa shape index (κ1) is 24.8. The van der Waals surface area contributed by atoms with Crippen LogP contribution in [0, 0.1) is 18.6 Å². The first-order valence-corrected chi connectivity index (χ1v) is 11.2. The minimum absolute atomic E-state index is 0.205. The Kier molecular flexibility index (Phi) is 6.88. The zero-order chi connectivity index (χ0) is 25.3. The lowest BCUT2D eigenvalue weighted by molar-refractivity contribution is -0.0186. The molecular weight excluding hydrogens is 501 g/mol. The van der Waals surface area contributed by atoms with Gasteiger partial charge in [0.2, 0.25) is 0 Å². The summed E-state index contributed by atoms with van der Waals surface area (Å²) in [6, 6.07) is 6.66. The SMILES string of the molecule is Cc1c(C(=O)N[C@H](C)[C@](O)(Cn2cncn2)c2ccc(F)cc2F)cnn1-c1cc(Cl)cc(Cl)c1. The molecule has 4 rings (SSSR count). The first-order valence-electron chi connectivity index (χ1n) is 10.4. The summed E-state index contributed by atoms with van der Waals surface area (Å²) in [6.45, 7) is 2.94. The Morgan fingerprint density at radius 2 is 1.89 bits per heavy atom. The summed E-state index contributed by atoms with van der Waals surface area (Å²) in [4.78, 5) is 17.0. The van der Waals surface area contributed by atoms with Crippen LogP contribution < -0.4 is 5.32 Å². The number of hydrogen-bond donors (Lipinski definition) is 2. The Balaban J connectivity index is 1.65. The summed E-state index contributed by atoms with van der Waals surface area (Å²) in [5.74, 6) is -2.32. The maximum atomic E-state index is 14.7. The van der Waals surface area contributed by atoms with E-state index in [2.05, 4.69) is 20.5 Å². The number of amides is 1. The van der Waals surface area contributed by atoms with Gasteiger partial charge in [0.1, 0.15) is 29.9 Å². The fourth-order valence-corrected chi connectivity index (χ4v) is 4.32. The zero-order valence-electron chi connectivity index (χ0n) is 18.6. The highest BCUT2D eigenvalue weighted by atomic mass is 35.5. The summed E-state index contributed by atoms with van der Waals surface area (Å²) in [6.07, 6.45) is 3.96. The van der Waals surface area contributed by atoms with E-state index in [1.54, 1.807) is 25.1 Å². The lowest BCUT2D eigenvalue weighted by Crippen LogP contribution is -2.52. The Morgan fingerprint density at radius 3 is 2.51 bits per heavy atom. The molecule has 0 saturated carbocycles. The van der Waals surface area contributed by atoms with Gasteiger partial charge >= 0.3 is 0 Å². The van der Waals surface area contributed by atoms with E-state index in [1.165, 1.54) is 35.1 Å². The summed E-state index contributed by atoms with van der Waals surface area (Å²) < 4.78 is 31.0. The molecule has 0 aliphatic carbocycles. The van der Waals surface area contributed by atoms with Crippen molar-refractivity contribution in [3.63, 3.8) is 0 Å². The van der Waals surface area contributed by atoms with Gasteiger partial charge in [-0.2, -0.15) is 10.2 Å². The number of nitrogens with zero attached hydrogens (tertiary/aromatic N) is 5. The molecule has 35 heavy (non-hydrogen) atoms. The van der Waals surface area contributed by atoms with Crippen molar-refractivity contribution in [3.05, 3.63) is 93.8 Å². The predicted molar refractivity (Wildman–Crippen MR) is 126 cm³/mol. The fourth-order valence-electron chi connectivity index (χ4n) is 3.81. The Bertz CT molecular complexity index is 1360. The van der Waals surface area contributed by atoms with Crippen molar-refractivity contribution in [2.45, 2.75) is 32.0 Å². The molecule has 182 valence electrons. The third kappa shape index (κ3) is 5.04. The highest BCUT2D eigenvalue weighted by Crippen LogP contribution is 2.30. The Morgan fingerprint density at radius 1 is 1.17 bits per heavy atom. The summed E-state index contributed by atoms with van der Waals surface area (Å²) >= 11 is 12.2. The minimum atomic E-state index is -1.99. The average molecular weight is 521 g/mol. The van der Waals surface area contributed by atoms with Crippen LogP contribution in [0.3, 0.4) is 0 Å². The molecule has 0 fully saturated rings. The second kappa shape index (κ2) is 9.73. The van der Waals surface area contributed by atoms with Gasteiger partial charge in [-0.05, 0) is 38.1 Å². The third-order valence-electron chi connectivity index (χ3n) is 5.68. The topological polar surface area (TPSA) is 97.9 Å². The van der Waals surface area contributed by atoms with Crippen LogP contribution in [0.5, 0.6) is 0 Å². The largest absolute Gasteiger partial charge is 0.381 e. The van der Waals surface area contributed by atoms with E-state index in [9.17, 15) is 18.7 Å². The van der Waals surface area contributed by atoms with Crippen molar-refractivity contribution in [3.8, 4) is 5.69 Å². The number of aliphatic hydroxyl groups is 1. The molecule has 0 aliphatic rings. The van der Waals surface area contributed by atoms with Crippen LogP contribution in [0.2, 0.25) is 10.0 Å². The lowest BCUT2D eigenvalue weighted by Gasteiger charge is -2.35. The quantitative estimate of drug-likeness (QED) is 0.382. The van der Waals surface area contributed by atoms with Crippen LogP contribution in [-0.4, -0.2) is 41.6 Å². The molecule has 0 aliphatic heterocycles. The summed E-state index contributed by atoms with van der Waals surface area (Å²) in [5, 5.41) is 23.3. The molecule has 12 heteroatoms. The smallest absolute Gasteiger partial charge is 0.255 e. The normalized spacial score (nSPS) is 13.9. The van der Waals surface area contributed by atoms with Crippen LogP contribution >= 0.6 is 23.2 Å². The van der Waals surface area contributed by atoms with Gasteiger partial charge in [-0.3, -0.25) is 4.79 Å². The number of aromatic nitrogens is 5. The van der Waals surface area contributed by atoms with Crippen molar-refractivity contribution in [1.29, 1.82) is 0 Å². The van der Waals surface area contributed by atoms with Gasteiger partial charge in [0.15, 0.2) is 0 Å². The van der Waals surface area contributed by atoms with Crippen LogP contribution in [0.15, 0.2) is 55.2 Å². The summed E-state index contributed by atoms with van der Waals surface area (Å²) in [7, 11) is 0. The predicted octanol–water partition coefficient (Wildman–Crippen LogP) is 4.06. The number of rotatable bonds is 7. The van der Waals surface area contributed by atoms with Gasteiger partial charge in [0.25, 0.3) is 5.91 Å². The first-order chi connectivity index (χ1) is 16.6. The van der Waals surface area contributed by atoms with Gasteiger partial charge in [-0.1, -0.05) is 29.3 Å². The molecule has 2 atom stereocenters. The van der Waals surface area contributed by atoms with E-state index >= 15 is 0 Å². The van der Waals surface area contributed by atoms with Crippen molar-refractivity contribution in [2.24, 2.45) is 0 Å². The maximum absolute atomic E-state index is 14.7. The van der Waals surface area contributed by atoms with Crippen molar-refractivity contribution in [2.75, 3.05) is 0 Å². The molecule has 2 aromatic heterocycles. The van der Waals surface area contributed by atoms with Crippen LogP contribution in [0.1, 0.15) is 28.5 Å². The molecule has 0 bridgehead atoms. The van der Waals surface area contributed by atoms with Crippen LogP contribution in [0.25, 0.3) is 5.69 Å². The van der Waals surface area contributed by atoms with E-state index in [-0.39, 0.29) is 17.7 Å². The summed E-state index contributed by atoms with van der Waals surface area (Å²) in [5.41, 5.74) is -0.936. The van der Waals surface area contributed by atoms with Crippen LogP contribution in [-0.2, 0) is 12.1 Å². The Labute approximate surface area is 209 Å². The third-order valence-corrected chi connectivity index (χ3v) is 6.11. The van der Waals surface area contributed by atoms with Gasteiger partial charge < -0.3 is 10.4 Å². The van der Waals surface area contributed by atoms with Gasteiger partial charge in [-0.25, -0.2) is 23.1 Å². The molecule has 2 N–H and O–H groups in total. The minimum Gasteiger partial charge on any atom is -0.381 e. The molecular formula is C23H20Cl2F2N6O2. The van der Waals surface area contributed by atoms with E-state index < -0.39 is 29.2 Å². The number of nitrogens with one attached hydrogen (secondary N) is 1. The van der Waals surface area contributed by atoms with E-state index in [0.29, 0.717) is 27.5 Å². The zero-order valence-corrected chi connectivity index (χ0v) is 20.1. The second-order valence-corrected chi connectivity index (χ2v) is 8.89. The van der Waals surface area contributed by atoms with E-state index in [0.717, 1.165) is 12.1 Å². The van der Waals surface area contributed by atoms with E-state index in [1.807, 2.05) is 0 Å². The molecule has 2 aromatic carbocycles. The molecule has 0 saturated heterocycles. The van der Waals surface area contributed by atoms with E-state index in [4.69, 9.17) is 23.2 Å². The van der Waals surface area contributed by atoms with Crippen molar-refractivity contribution >= 4 is 29.1 Å². The number of halogens is 4. The molecule has 0 unspecified atom stereocenters. The maximum Gasteiger partial charge on any atom is 0.255 e. The lowest BCUT2D eigenvalue weighted by atomic mass is 9.86. The van der Waals surface area contributed by atoms with Crippen molar-refractivity contribution < 1.29 is 18.7 Å². The molecule has 4 aromatic rings. The fraction of sp³-hybridized carbons (Fsp3) is 0.217. The monoisotopic (exact) mass is 520 g/mol. The standard InChI is InChI=1S/C23H20Cl2F2N6O2/c1-13-19(9-29-33(13)18-6-15(24)5-16(25)7-18)22(34)31-14(2)23(35,10-32-12-28-11-30-32)20-4-3-17(26)8-21(20)27/h3-9,11-12,14,35H,10H2,1-2H3,(H,31,34)/t14-,23-/m1/s1. The highest BCUT2D eigenvalue weighted by molar-refractivity contribution is 6.34. The molecule has 0 radical (unpaired) electrons. The van der Waals surface area contributed by atoms with Crippen LogP contribution in [0.4, 0.5) is 8.78 Å². The number of carbonyl (C=O) groups is 1. The molecule has 2 heterocycles.